The molecule has 5 rings (SSSR count). The van der Waals surface area contributed by atoms with E-state index < -0.39 is 0 Å². The van der Waals surface area contributed by atoms with Crippen molar-refractivity contribution in [1.29, 1.82) is 0 Å². The Morgan fingerprint density at radius 1 is 1.09 bits per heavy atom. The largest absolute Gasteiger partial charge is 0.335 e. The van der Waals surface area contributed by atoms with E-state index in [1.807, 2.05) is 55.8 Å². The number of pyridine rings is 2. The van der Waals surface area contributed by atoms with E-state index >= 15 is 0 Å². The number of carbonyl (C=O) groups excluding carboxylic acids is 1. The Labute approximate surface area is 184 Å². The number of aryl methyl sites for hydroxylation is 2. The molecular weight excluding hydrogens is 404 g/mol. The molecule has 160 valence electrons. The van der Waals surface area contributed by atoms with Crippen molar-refractivity contribution in [2.24, 2.45) is 0 Å². The number of nitrogens with one attached hydrogen (secondary N) is 1. The minimum absolute atomic E-state index is 0.197. The van der Waals surface area contributed by atoms with E-state index in [2.05, 4.69) is 25.5 Å². The number of aromatic nitrogens is 5. The predicted octanol–water partition coefficient (Wildman–Crippen LogP) is 5.08. The summed E-state index contributed by atoms with van der Waals surface area (Å²) >= 11 is 0. The van der Waals surface area contributed by atoms with E-state index in [0.717, 1.165) is 22.2 Å². The molecule has 0 aliphatic rings. The number of nitrogens with zero attached hydrogens (tertiary/aromatic N) is 5. The summed E-state index contributed by atoms with van der Waals surface area (Å²) in [6.07, 6.45) is 3.39. The first-order valence-corrected chi connectivity index (χ1v) is 10.4. The molecular formula is C24H22N6O2. The molecule has 0 radical (unpaired) electrons. The van der Waals surface area contributed by atoms with Crippen molar-refractivity contribution in [3.05, 3.63) is 65.6 Å². The second-order valence-corrected chi connectivity index (χ2v) is 8.14. The predicted molar refractivity (Wildman–Crippen MR) is 123 cm³/mol. The zero-order valence-electron chi connectivity index (χ0n) is 18.2. The van der Waals surface area contributed by atoms with E-state index in [4.69, 9.17) is 4.52 Å². The molecule has 0 atom stereocenters. The molecule has 1 aromatic carbocycles. The molecule has 0 aliphatic carbocycles. The van der Waals surface area contributed by atoms with E-state index in [0.29, 0.717) is 33.7 Å². The minimum atomic E-state index is -0.283. The van der Waals surface area contributed by atoms with Crippen molar-refractivity contribution in [1.82, 2.24) is 24.9 Å². The topological polar surface area (TPSA) is 98.7 Å². The van der Waals surface area contributed by atoms with Gasteiger partial charge in [-0.05, 0) is 39.8 Å². The third-order valence-corrected chi connectivity index (χ3v) is 5.39. The standard InChI is InChI=1S/C24H22N6O2/c1-13(2)30-22-17(11-26-30)9-18(12-25-22)27-23(31)19-10-20(16-7-5-14(3)6-8-16)28-24-21(19)15(4)29-32-24/h5-13H,1-4H3,(H,27,31). The van der Waals surface area contributed by atoms with Crippen LogP contribution in [0.3, 0.4) is 0 Å². The molecule has 0 saturated heterocycles. The van der Waals surface area contributed by atoms with Crippen LogP contribution in [0.4, 0.5) is 5.69 Å². The van der Waals surface area contributed by atoms with Gasteiger partial charge in [-0.3, -0.25) is 4.79 Å². The lowest BCUT2D eigenvalue weighted by molar-refractivity contribution is 0.102. The molecule has 1 amide bonds. The molecule has 5 aromatic rings. The number of anilines is 1. The number of benzene rings is 1. The zero-order chi connectivity index (χ0) is 22.4. The first-order valence-electron chi connectivity index (χ1n) is 10.4. The lowest BCUT2D eigenvalue weighted by atomic mass is 10.0. The van der Waals surface area contributed by atoms with E-state index in [-0.39, 0.29) is 11.9 Å². The van der Waals surface area contributed by atoms with Crippen LogP contribution >= 0.6 is 0 Å². The van der Waals surface area contributed by atoms with Gasteiger partial charge in [0.05, 0.1) is 40.4 Å². The van der Waals surface area contributed by atoms with Crippen molar-refractivity contribution in [3.8, 4) is 11.3 Å². The van der Waals surface area contributed by atoms with Crippen molar-refractivity contribution >= 4 is 33.7 Å². The van der Waals surface area contributed by atoms with Crippen LogP contribution in [-0.4, -0.2) is 30.8 Å². The normalized spacial score (nSPS) is 11.5. The summed E-state index contributed by atoms with van der Waals surface area (Å²) in [6, 6.07) is 11.8. The van der Waals surface area contributed by atoms with Gasteiger partial charge in [-0.1, -0.05) is 35.0 Å². The smallest absolute Gasteiger partial charge is 0.259 e. The highest BCUT2D eigenvalue weighted by molar-refractivity contribution is 6.13. The summed E-state index contributed by atoms with van der Waals surface area (Å²) in [5.41, 5.74) is 5.43. The van der Waals surface area contributed by atoms with Gasteiger partial charge in [0.2, 0.25) is 0 Å². The average molecular weight is 426 g/mol. The van der Waals surface area contributed by atoms with Crippen molar-refractivity contribution in [2.45, 2.75) is 33.7 Å². The molecule has 4 aromatic heterocycles. The monoisotopic (exact) mass is 426 g/mol. The minimum Gasteiger partial charge on any atom is -0.335 e. The third-order valence-electron chi connectivity index (χ3n) is 5.39. The van der Waals surface area contributed by atoms with E-state index in [1.54, 1.807) is 25.4 Å². The molecule has 8 nitrogen and oxygen atoms in total. The fourth-order valence-corrected chi connectivity index (χ4v) is 3.73. The number of hydrogen-bond acceptors (Lipinski definition) is 6. The summed E-state index contributed by atoms with van der Waals surface area (Å²) in [4.78, 5) is 22.4. The van der Waals surface area contributed by atoms with Gasteiger partial charge in [0, 0.05) is 17.0 Å². The van der Waals surface area contributed by atoms with Crippen LogP contribution < -0.4 is 5.32 Å². The molecule has 0 unspecified atom stereocenters. The second kappa shape index (κ2) is 7.56. The van der Waals surface area contributed by atoms with E-state index in [9.17, 15) is 4.79 Å². The zero-order valence-corrected chi connectivity index (χ0v) is 18.2. The van der Waals surface area contributed by atoms with Crippen LogP contribution in [-0.2, 0) is 0 Å². The number of carbonyl (C=O) groups is 1. The third kappa shape index (κ3) is 3.39. The lowest BCUT2D eigenvalue weighted by Crippen LogP contribution is -2.13. The summed E-state index contributed by atoms with van der Waals surface area (Å²) in [5, 5.41) is 12.8. The Hall–Kier alpha value is -4.07. The Morgan fingerprint density at radius 3 is 2.62 bits per heavy atom. The van der Waals surface area contributed by atoms with Crippen molar-refractivity contribution in [2.75, 3.05) is 5.32 Å². The van der Waals surface area contributed by atoms with Gasteiger partial charge in [-0.15, -0.1) is 0 Å². The second-order valence-electron chi connectivity index (χ2n) is 8.14. The Bertz CT molecular complexity index is 1460. The van der Waals surface area contributed by atoms with Gasteiger partial charge in [-0.25, -0.2) is 14.6 Å². The fraction of sp³-hybridized carbons (Fsp3) is 0.208. The molecule has 0 fully saturated rings. The Balaban J connectivity index is 1.54. The van der Waals surface area contributed by atoms with Gasteiger partial charge in [0.15, 0.2) is 5.65 Å². The molecule has 32 heavy (non-hydrogen) atoms. The highest BCUT2D eigenvalue weighted by Gasteiger charge is 2.20. The summed E-state index contributed by atoms with van der Waals surface area (Å²) in [6.45, 7) is 7.91. The quantitative estimate of drug-likeness (QED) is 0.430. The van der Waals surface area contributed by atoms with Crippen LogP contribution in [0.2, 0.25) is 0 Å². The maximum absolute atomic E-state index is 13.3. The number of hydrogen-bond donors (Lipinski definition) is 1. The lowest BCUT2D eigenvalue weighted by Gasteiger charge is -2.09. The maximum Gasteiger partial charge on any atom is 0.259 e. The molecule has 0 bridgehead atoms. The van der Waals surface area contributed by atoms with Gasteiger partial charge in [0.25, 0.3) is 11.6 Å². The highest BCUT2D eigenvalue weighted by atomic mass is 16.5. The summed E-state index contributed by atoms with van der Waals surface area (Å²) < 4.78 is 7.24. The SMILES string of the molecule is Cc1ccc(-c2cc(C(=O)Nc3cnc4c(cnn4C(C)C)c3)c3c(C)noc3n2)cc1. The Kier molecular flexibility index (Phi) is 4.70. The van der Waals surface area contributed by atoms with Crippen molar-refractivity contribution in [3.63, 3.8) is 0 Å². The average Bonchev–Trinajstić information content (AvgIpc) is 3.37. The van der Waals surface area contributed by atoms with Crippen LogP contribution in [0.15, 0.2) is 53.3 Å². The number of amides is 1. The molecule has 0 aliphatic heterocycles. The number of fused-ring (bicyclic) bond motifs is 2. The highest BCUT2D eigenvalue weighted by Crippen LogP contribution is 2.28. The molecule has 4 heterocycles. The van der Waals surface area contributed by atoms with Crippen LogP contribution in [0.25, 0.3) is 33.4 Å². The van der Waals surface area contributed by atoms with Gasteiger partial charge in [0.1, 0.15) is 0 Å². The Morgan fingerprint density at radius 2 is 1.88 bits per heavy atom. The number of rotatable bonds is 4. The summed E-state index contributed by atoms with van der Waals surface area (Å²) in [7, 11) is 0. The summed E-state index contributed by atoms with van der Waals surface area (Å²) in [5.74, 6) is -0.283. The molecule has 0 saturated carbocycles. The van der Waals surface area contributed by atoms with Crippen LogP contribution in [0.5, 0.6) is 0 Å². The fourth-order valence-electron chi connectivity index (χ4n) is 3.73. The molecule has 1 N–H and O–H groups in total. The molecule has 8 heteroatoms. The van der Waals surface area contributed by atoms with Gasteiger partial charge >= 0.3 is 0 Å². The maximum atomic E-state index is 13.3. The van der Waals surface area contributed by atoms with Gasteiger partial charge < -0.3 is 9.84 Å². The van der Waals surface area contributed by atoms with Crippen LogP contribution in [0, 0.1) is 13.8 Å². The molecule has 0 spiro atoms. The first-order chi connectivity index (χ1) is 15.4. The van der Waals surface area contributed by atoms with Crippen molar-refractivity contribution < 1.29 is 9.32 Å². The van der Waals surface area contributed by atoms with E-state index in [1.165, 1.54) is 0 Å². The van der Waals surface area contributed by atoms with Gasteiger partial charge in [-0.2, -0.15) is 5.10 Å². The van der Waals surface area contributed by atoms with Crippen LogP contribution in [0.1, 0.15) is 41.5 Å². The first kappa shape index (κ1) is 19.9.